The molecule has 0 spiro atoms. The lowest BCUT2D eigenvalue weighted by Gasteiger charge is -2.15. The molecule has 0 aromatic heterocycles. The van der Waals surface area contributed by atoms with Crippen LogP contribution in [0.2, 0.25) is 0 Å². The van der Waals surface area contributed by atoms with Crippen LogP contribution in [0, 0.1) is 0 Å². The zero-order valence-electron chi connectivity index (χ0n) is 9.23. The Morgan fingerprint density at radius 2 is 2.38 bits per heavy atom. The first-order valence-electron chi connectivity index (χ1n) is 5.11. The Bertz CT molecular complexity index is 409. The van der Waals surface area contributed by atoms with Crippen molar-refractivity contribution in [3.63, 3.8) is 0 Å². The zero-order chi connectivity index (χ0) is 11.5. The molecule has 0 bridgehead atoms. The predicted octanol–water partition coefficient (Wildman–Crippen LogP) is 0.965. The maximum atomic E-state index is 11.3. The van der Waals surface area contributed by atoms with E-state index in [1.54, 1.807) is 23.8 Å². The molecule has 1 aliphatic rings. The number of quaternary nitrogens is 1. The molecule has 1 heterocycles. The molecule has 5 heteroatoms. The van der Waals surface area contributed by atoms with Crippen molar-refractivity contribution in [2.75, 3.05) is 19.4 Å². The average molecular weight is 239 g/mol. The molecule has 0 saturated carbocycles. The van der Waals surface area contributed by atoms with Crippen molar-refractivity contribution in [3.05, 3.63) is 23.8 Å². The maximum absolute atomic E-state index is 11.3. The van der Waals surface area contributed by atoms with Crippen LogP contribution in [0.1, 0.15) is 5.56 Å². The molecule has 0 atom stereocenters. The standard InChI is InChI=1S/C11H14N2O2S/c1-15-9-2-3-10-8(6-9)7-13(11(12)14)4-5-16-10/h2-3,6H,4-5,7H2,1H3,(H2,12,14)/p+1. The molecule has 1 aliphatic heterocycles. The molecule has 2 amide bonds. The van der Waals surface area contributed by atoms with Crippen molar-refractivity contribution in [3.8, 4) is 5.75 Å². The highest BCUT2D eigenvalue weighted by molar-refractivity contribution is 7.99. The first-order chi connectivity index (χ1) is 7.70. The summed E-state index contributed by atoms with van der Waals surface area (Å²) in [5.41, 5.74) is 4.60. The van der Waals surface area contributed by atoms with Crippen LogP contribution in [-0.4, -0.2) is 30.3 Å². The van der Waals surface area contributed by atoms with E-state index in [9.17, 15) is 4.79 Å². The average Bonchev–Trinajstić information content (AvgIpc) is 2.49. The van der Waals surface area contributed by atoms with Gasteiger partial charge in [0.1, 0.15) is 5.75 Å². The first kappa shape index (κ1) is 11.3. The van der Waals surface area contributed by atoms with E-state index >= 15 is 0 Å². The summed E-state index contributed by atoms with van der Waals surface area (Å²) in [6, 6.07) is 5.88. The number of benzene rings is 1. The summed E-state index contributed by atoms with van der Waals surface area (Å²) in [7, 11) is 1.65. The van der Waals surface area contributed by atoms with E-state index in [0.717, 1.165) is 23.6 Å². The van der Waals surface area contributed by atoms with E-state index in [2.05, 4.69) is 11.8 Å². The van der Waals surface area contributed by atoms with Gasteiger partial charge in [0, 0.05) is 17.2 Å². The lowest BCUT2D eigenvalue weighted by atomic mass is 10.2. The van der Waals surface area contributed by atoms with Crippen molar-refractivity contribution in [2.45, 2.75) is 11.4 Å². The van der Waals surface area contributed by atoms with Crippen LogP contribution >= 0.6 is 11.8 Å². The van der Waals surface area contributed by atoms with Gasteiger partial charge in [-0.3, -0.25) is 10.6 Å². The Morgan fingerprint density at radius 1 is 1.56 bits per heavy atom. The Balaban J connectivity index is 2.30. The molecule has 0 radical (unpaired) electrons. The molecule has 0 unspecified atom stereocenters. The molecule has 0 aliphatic carbocycles. The molecular formula is C11H15N2O2S+. The van der Waals surface area contributed by atoms with Gasteiger partial charge in [0.15, 0.2) is 0 Å². The van der Waals surface area contributed by atoms with Crippen molar-refractivity contribution < 1.29 is 15.3 Å². The minimum absolute atomic E-state index is 0.115. The fraction of sp³-hybridized carbons (Fsp3) is 0.364. The van der Waals surface area contributed by atoms with Gasteiger partial charge in [-0.25, -0.2) is 4.79 Å². The fourth-order valence-corrected chi connectivity index (χ4v) is 2.72. The van der Waals surface area contributed by atoms with Crippen LogP contribution in [-0.2, 0) is 6.54 Å². The largest absolute Gasteiger partial charge is 0.497 e. The molecule has 0 saturated heterocycles. The molecule has 4 nitrogen and oxygen atoms in total. The second-order valence-electron chi connectivity index (χ2n) is 3.64. The minimum atomic E-state index is -0.115. The summed E-state index contributed by atoms with van der Waals surface area (Å²) in [4.78, 5) is 14.3. The van der Waals surface area contributed by atoms with Gasteiger partial charge in [-0.2, -0.15) is 0 Å². The molecule has 3 N–H and O–H groups in total. The summed E-state index contributed by atoms with van der Waals surface area (Å²) in [5, 5.41) is 0. The van der Waals surface area contributed by atoms with Crippen molar-refractivity contribution in [1.82, 2.24) is 4.90 Å². The van der Waals surface area contributed by atoms with Gasteiger partial charge in [0.05, 0.1) is 13.7 Å². The van der Waals surface area contributed by atoms with Crippen LogP contribution in [0.3, 0.4) is 0 Å². The molecule has 1 aromatic carbocycles. The van der Waals surface area contributed by atoms with Gasteiger partial charge in [0.25, 0.3) is 0 Å². The lowest BCUT2D eigenvalue weighted by Crippen LogP contribution is -2.64. The molecule has 1 aromatic rings. The SMILES string of the molecule is COc1ccc2c(c1)CN(C([NH3+])=O)CCS2. The van der Waals surface area contributed by atoms with Crippen LogP contribution in [0.4, 0.5) is 4.79 Å². The first-order valence-corrected chi connectivity index (χ1v) is 6.10. The fourth-order valence-electron chi connectivity index (χ4n) is 1.71. The number of carbonyl (C=O) groups is 1. The summed E-state index contributed by atoms with van der Waals surface area (Å²) >= 11 is 1.77. The number of rotatable bonds is 1. The predicted molar refractivity (Wildman–Crippen MR) is 62.4 cm³/mol. The number of hydrogen-bond donors (Lipinski definition) is 1. The number of ether oxygens (including phenoxy) is 1. The quantitative estimate of drug-likeness (QED) is 0.794. The third kappa shape index (κ3) is 2.31. The Morgan fingerprint density at radius 3 is 3.06 bits per heavy atom. The monoisotopic (exact) mass is 239 g/mol. The number of methoxy groups -OCH3 is 1. The second-order valence-corrected chi connectivity index (χ2v) is 4.77. The highest BCUT2D eigenvalue weighted by Gasteiger charge is 2.19. The van der Waals surface area contributed by atoms with Gasteiger partial charge in [-0.05, 0) is 23.8 Å². The smallest absolute Gasteiger partial charge is 0.414 e. The number of hydrogen-bond acceptors (Lipinski definition) is 3. The summed E-state index contributed by atoms with van der Waals surface area (Å²) in [6.07, 6.45) is 0. The van der Waals surface area contributed by atoms with Crippen molar-refractivity contribution in [1.29, 1.82) is 0 Å². The normalized spacial score (nSPS) is 15.2. The van der Waals surface area contributed by atoms with Crippen molar-refractivity contribution in [2.24, 2.45) is 0 Å². The molecule has 0 fully saturated rings. The van der Waals surface area contributed by atoms with E-state index in [4.69, 9.17) is 4.74 Å². The topological polar surface area (TPSA) is 57.2 Å². The number of urea groups is 1. The zero-order valence-corrected chi connectivity index (χ0v) is 10.0. The number of carbonyl (C=O) groups excluding carboxylic acids is 1. The third-order valence-electron chi connectivity index (χ3n) is 2.60. The molecule has 86 valence electrons. The number of thioether (sulfide) groups is 1. The number of amides is 2. The maximum Gasteiger partial charge on any atom is 0.414 e. The highest BCUT2D eigenvalue weighted by atomic mass is 32.2. The molecular weight excluding hydrogens is 224 g/mol. The lowest BCUT2D eigenvalue weighted by molar-refractivity contribution is -0.266. The van der Waals surface area contributed by atoms with Gasteiger partial charge < -0.3 is 4.74 Å². The summed E-state index contributed by atoms with van der Waals surface area (Å²) < 4.78 is 5.19. The second kappa shape index (κ2) is 4.76. The number of fused-ring (bicyclic) bond motifs is 1. The van der Waals surface area contributed by atoms with Crippen LogP contribution < -0.4 is 10.5 Å². The van der Waals surface area contributed by atoms with Crippen LogP contribution in [0.5, 0.6) is 5.75 Å². The Kier molecular flexibility index (Phi) is 3.36. The minimum Gasteiger partial charge on any atom is -0.497 e. The summed E-state index contributed by atoms with van der Waals surface area (Å²) in [6.45, 7) is 1.38. The Labute approximate surface area is 98.7 Å². The molecule has 16 heavy (non-hydrogen) atoms. The van der Waals surface area contributed by atoms with Gasteiger partial charge >= 0.3 is 6.03 Å². The molecule has 2 rings (SSSR count). The van der Waals surface area contributed by atoms with Gasteiger partial charge in [-0.15, -0.1) is 11.8 Å². The van der Waals surface area contributed by atoms with E-state index in [1.807, 2.05) is 12.1 Å². The van der Waals surface area contributed by atoms with E-state index in [1.165, 1.54) is 4.90 Å². The Hall–Kier alpha value is -1.20. The van der Waals surface area contributed by atoms with Gasteiger partial charge in [0.2, 0.25) is 0 Å². The van der Waals surface area contributed by atoms with Crippen LogP contribution in [0.25, 0.3) is 0 Å². The number of nitrogens with zero attached hydrogens (tertiary/aromatic N) is 1. The van der Waals surface area contributed by atoms with Crippen LogP contribution in [0.15, 0.2) is 23.1 Å². The van der Waals surface area contributed by atoms with Gasteiger partial charge in [-0.1, -0.05) is 0 Å². The van der Waals surface area contributed by atoms with E-state index in [-0.39, 0.29) is 6.03 Å². The summed E-state index contributed by atoms with van der Waals surface area (Å²) in [5.74, 6) is 1.75. The third-order valence-corrected chi connectivity index (χ3v) is 3.70. The van der Waals surface area contributed by atoms with E-state index < -0.39 is 0 Å². The van der Waals surface area contributed by atoms with Crippen molar-refractivity contribution >= 4 is 17.8 Å². The van der Waals surface area contributed by atoms with E-state index in [0.29, 0.717) is 6.54 Å². The highest BCUT2D eigenvalue weighted by Crippen LogP contribution is 2.30.